The van der Waals surface area contributed by atoms with Crippen LogP contribution in [0.5, 0.6) is 0 Å². The first-order valence-corrected chi connectivity index (χ1v) is 10.8. The van der Waals surface area contributed by atoms with Crippen molar-refractivity contribution in [1.29, 1.82) is 0 Å². The summed E-state index contributed by atoms with van der Waals surface area (Å²) < 4.78 is 31.5. The number of sulfone groups is 1. The van der Waals surface area contributed by atoms with Crippen molar-refractivity contribution in [2.45, 2.75) is 16.3 Å². The molecule has 8 heteroatoms. The molecule has 0 N–H and O–H groups in total. The van der Waals surface area contributed by atoms with Gasteiger partial charge in [0, 0.05) is 5.02 Å². The fourth-order valence-corrected chi connectivity index (χ4v) is 5.27. The zero-order chi connectivity index (χ0) is 21.5. The third-order valence-electron chi connectivity index (χ3n) is 4.84. The number of nitrogens with zero attached hydrogens (tertiary/aromatic N) is 1. The molecular formula is C22H16ClNO5S. The first-order chi connectivity index (χ1) is 14.3. The summed E-state index contributed by atoms with van der Waals surface area (Å²) in [6.07, 6.45) is 0. The molecule has 0 unspecified atom stereocenters. The van der Waals surface area contributed by atoms with Crippen molar-refractivity contribution in [1.82, 2.24) is 0 Å². The number of anilines is 1. The minimum atomic E-state index is -3.99. The minimum absolute atomic E-state index is 0.0597. The van der Waals surface area contributed by atoms with Crippen molar-refractivity contribution in [3.05, 3.63) is 88.4 Å². The first kappa shape index (κ1) is 20.1. The van der Waals surface area contributed by atoms with Crippen molar-refractivity contribution in [2.24, 2.45) is 0 Å². The number of ether oxygens (including phenoxy) is 1. The average Bonchev–Trinajstić information content (AvgIpc) is 2.81. The molecule has 1 aliphatic heterocycles. The van der Waals surface area contributed by atoms with Gasteiger partial charge in [0.15, 0.2) is 0 Å². The van der Waals surface area contributed by atoms with Gasteiger partial charge in [-0.1, -0.05) is 35.9 Å². The SMILES string of the molecule is COC(=O)c1ccc2c(c1)N(Cc1cccc(Cl)c1)C(=O)c1ccccc1S2(=O)=O. The molecule has 0 fully saturated rings. The number of methoxy groups -OCH3 is 1. The van der Waals surface area contributed by atoms with E-state index in [1.54, 1.807) is 36.4 Å². The number of hydrogen-bond donors (Lipinski definition) is 0. The van der Waals surface area contributed by atoms with Crippen LogP contribution in [0.15, 0.2) is 76.5 Å². The van der Waals surface area contributed by atoms with Gasteiger partial charge in [0.2, 0.25) is 9.84 Å². The molecule has 0 saturated carbocycles. The number of esters is 1. The maximum absolute atomic E-state index is 13.4. The predicted octanol–water partition coefficient (Wildman–Crippen LogP) is 4.12. The Morgan fingerprint density at radius 3 is 2.50 bits per heavy atom. The first-order valence-electron chi connectivity index (χ1n) is 8.95. The fourth-order valence-electron chi connectivity index (χ4n) is 3.43. The van der Waals surface area contributed by atoms with Crippen LogP contribution in [0.3, 0.4) is 0 Å². The lowest BCUT2D eigenvalue weighted by Gasteiger charge is -2.23. The van der Waals surface area contributed by atoms with Gasteiger partial charge >= 0.3 is 5.97 Å². The number of carbonyl (C=O) groups excluding carboxylic acids is 2. The molecule has 3 aromatic carbocycles. The number of rotatable bonds is 3. The molecule has 0 aliphatic carbocycles. The number of amides is 1. The maximum Gasteiger partial charge on any atom is 0.337 e. The van der Waals surface area contributed by atoms with Gasteiger partial charge < -0.3 is 9.64 Å². The minimum Gasteiger partial charge on any atom is -0.465 e. The highest BCUT2D eigenvalue weighted by Crippen LogP contribution is 2.38. The van der Waals surface area contributed by atoms with E-state index >= 15 is 0 Å². The van der Waals surface area contributed by atoms with E-state index in [9.17, 15) is 18.0 Å². The van der Waals surface area contributed by atoms with E-state index in [-0.39, 0.29) is 33.2 Å². The Morgan fingerprint density at radius 2 is 1.77 bits per heavy atom. The van der Waals surface area contributed by atoms with E-state index in [1.165, 1.54) is 42.3 Å². The largest absolute Gasteiger partial charge is 0.465 e. The molecule has 0 atom stereocenters. The normalized spacial score (nSPS) is 14.5. The number of benzene rings is 3. The monoisotopic (exact) mass is 441 g/mol. The second-order valence-electron chi connectivity index (χ2n) is 6.69. The third kappa shape index (κ3) is 3.36. The van der Waals surface area contributed by atoms with Crippen molar-refractivity contribution in [2.75, 3.05) is 12.0 Å². The van der Waals surface area contributed by atoms with E-state index in [1.807, 2.05) is 0 Å². The van der Waals surface area contributed by atoms with Crippen LogP contribution in [-0.4, -0.2) is 27.4 Å². The zero-order valence-electron chi connectivity index (χ0n) is 15.8. The lowest BCUT2D eigenvalue weighted by Crippen LogP contribution is -2.30. The van der Waals surface area contributed by atoms with Crippen LogP contribution in [0, 0.1) is 0 Å². The van der Waals surface area contributed by atoms with Gasteiger partial charge in [0.05, 0.1) is 40.3 Å². The van der Waals surface area contributed by atoms with Gasteiger partial charge in [-0.05, 0) is 48.0 Å². The van der Waals surface area contributed by atoms with Crippen LogP contribution in [0.25, 0.3) is 0 Å². The average molecular weight is 442 g/mol. The summed E-state index contributed by atoms with van der Waals surface area (Å²) in [5.74, 6) is -1.12. The molecule has 3 aromatic rings. The van der Waals surface area contributed by atoms with Crippen LogP contribution in [0.4, 0.5) is 5.69 Å². The lowest BCUT2D eigenvalue weighted by molar-refractivity contribution is 0.0600. The molecule has 1 amide bonds. The second-order valence-corrected chi connectivity index (χ2v) is 9.02. The Balaban J connectivity index is 1.98. The summed E-state index contributed by atoms with van der Waals surface area (Å²) in [7, 11) is -2.76. The number of hydrogen-bond acceptors (Lipinski definition) is 5. The fraction of sp³-hybridized carbons (Fsp3) is 0.0909. The molecule has 1 aliphatic rings. The van der Waals surface area contributed by atoms with Gasteiger partial charge in [0.25, 0.3) is 5.91 Å². The molecule has 1 heterocycles. The summed E-state index contributed by atoms with van der Waals surface area (Å²) in [6, 6.07) is 17.1. The van der Waals surface area contributed by atoms with Crippen molar-refractivity contribution < 1.29 is 22.7 Å². The maximum atomic E-state index is 13.4. The van der Waals surface area contributed by atoms with Crippen LogP contribution in [-0.2, 0) is 21.1 Å². The summed E-state index contributed by atoms with van der Waals surface area (Å²) >= 11 is 6.08. The Labute approximate surface area is 178 Å². The highest BCUT2D eigenvalue weighted by atomic mass is 35.5. The Kier molecular flexibility index (Phi) is 5.09. The Bertz CT molecular complexity index is 1290. The second kappa shape index (κ2) is 7.59. The van der Waals surface area contributed by atoms with Gasteiger partial charge in [0.1, 0.15) is 0 Å². The summed E-state index contributed by atoms with van der Waals surface area (Å²) in [4.78, 5) is 26.7. The third-order valence-corrected chi connectivity index (χ3v) is 6.94. The van der Waals surface area contributed by atoms with Gasteiger partial charge in [-0.15, -0.1) is 0 Å². The molecule has 0 aromatic heterocycles. The topological polar surface area (TPSA) is 80.8 Å². The van der Waals surface area contributed by atoms with Crippen molar-refractivity contribution >= 4 is 39.0 Å². The van der Waals surface area contributed by atoms with Gasteiger partial charge in [-0.25, -0.2) is 13.2 Å². The molecule has 0 bridgehead atoms. The molecule has 152 valence electrons. The van der Waals surface area contributed by atoms with Crippen molar-refractivity contribution in [3.63, 3.8) is 0 Å². The van der Waals surface area contributed by atoms with E-state index in [0.717, 1.165) is 0 Å². The highest BCUT2D eigenvalue weighted by molar-refractivity contribution is 7.91. The van der Waals surface area contributed by atoms with Gasteiger partial charge in [-0.3, -0.25) is 4.79 Å². The van der Waals surface area contributed by atoms with E-state index in [4.69, 9.17) is 16.3 Å². The van der Waals surface area contributed by atoms with E-state index in [0.29, 0.717) is 10.6 Å². The van der Waals surface area contributed by atoms with Crippen LogP contribution < -0.4 is 4.90 Å². The highest BCUT2D eigenvalue weighted by Gasteiger charge is 2.36. The van der Waals surface area contributed by atoms with Crippen LogP contribution >= 0.6 is 11.6 Å². The predicted molar refractivity (Wildman–Crippen MR) is 112 cm³/mol. The Morgan fingerprint density at radius 1 is 1.00 bits per heavy atom. The molecule has 30 heavy (non-hydrogen) atoms. The molecular weight excluding hydrogens is 426 g/mol. The molecule has 0 radical (unpaired) electrons. The molecule has 6 nitrogen and oxygen atoms in total. The molecule has 4 rings (SSSR count). The lowest BCUT2D eigenvalue weighted by atomic mass is 10.1. The molecule has 0 saturated heterocycles. The Hall–Kier alpha value is -3.16. The van der Waals surface area contributed by atoms with Crippen LogP contribution in [0.2, 0.25) is 5.02 Å². The summed E-state index contributed by atoms with van der Waals surface area (Å²) in [5.41, 5.74) is 1.03. The zero-order valence-corrected chi connectivity index (χ0v) is 17.4. The summed E-state index contributed by atoms with van der Waals surface area (Å²) in [5, 5.41) is 0.492. The quantitative estimate of drug-likeness (QED) is 0.571. The standard InChI is InChI=1S/C22H16ClNO5S/c1-29-22(26)15-9-10-20-18(12-15)24(13-14-5-4-6-16(23)11-14)21(25)17-7-2-3-8-19(17)30(20,27)28/h2-12H,13H2,1H3. The number of halogens is 1. The smallest absolute Gasteiger partial charge is 0.337 e. The number of fused-ring (bicyclic) bond motifs is 2. The molecule has 0 spiro atoms. The van der Waals surface area contributed by atoms with E-state index < -0.39 is 21.7 Å². The van der Waals surface area contributed by atoms with E-state index in [2.05, 4.69) is 0 Å². The van der Waals surface area contributed by atoms with Gasteiger partial charge in [-0.2, -0.15) is 0 Å². The summed E-state index contributed by atoms with van der Waals surface area (Å²) in [6.45, 7) is 0.0703. The van der Waals surface area contributed by atoms with Crippen molar-refractivity contribution in [3.8, 4) is 0 Å². The number of carbonyl (C=O) groups is 2. The van der Waals surface area contributed by atoms with Crippen LogP contribution in [0.1, 0.15) is 26.3 Å².